The number of piperidine rings is 2. The Labute approximate surface area is 206 Å². The zero-order valence-electron chi connectivity index (χ0n) is 19.1. The molecule has 1 atom stereocenters. The summed E-state index contributed by atoms with van der Waals surface area (Å²) in [5.74, 6) is 0.462. The summed E-state index contributed by atoms with van der Waals surface area (Å²) in [6.45, 7) is 6.31. The predicted molar refractivity (Wildman–Crippen MR) is 130 cm³/mol. The molecule has 2 heterocycles. The highest BCUT2D eigenvalue weighted by Crippen LogP contribution is 2.38. The van der Waals surface area contributed by atoms with Crippen LogP contribution in [0.4, 0.5) is 0 Å². The van der Waals surface area contributed by atoms with Crippen LogP contribution in [0, 0.1) is 5.92 Å². The van der Waals surface area contributed by atoms with Gasteiger partial charge in [-0.25, -0.2) is 8.42 Å². The Morgan fingerprint density at radius 3 is 2.30 bits per heavy atom. The van der Waals surface area contributed by atoms with Gasteiger partial charge in [-0.15, -0.1) is 0 Å². The van der Waals surface area contributed by atoms with Crippen molar-refractivity contribution in [3.05, 3.63) is 22.2 Å². The zero-order valence-corrected chi connectivity index (χ0v) is 21.5. The summed E-state index contributed by atoms with van der Waals surface area (Å²) in [4.78, 5) is 12.3. The minimum absolute atomic E-state index is 0.00778. The molecule has 1 amide bonds. The third-order valence-corrected chi connectivity index (χ3v) is 8.48. The second-order valence-corrected chi connectivity index (χ2v) is 12.0. The summed E-state index contributed by atoms with van der Waals surface area (Å²) >= 11 is 12.8. The number of ether oxygens (including phenoxy) is 1. The van der Waals surface area contributed by atoms with Crippen LogP contribution < -0.4 is 21.1 Å². The van der Waals surface area contributed by atoms with Gasteiger partial charge in [0.2, 0.25) is 15.9 Å². The fraction of sp³-hybridized carbons (Fsp3) is 0.682. The van der Waals surface area contributed by atoms with Gasteiger partial charge in [0.1, 0.15) is 6.10 Å². The molecule has 1 aromatic carbocycles. The van der Waals surface area contributed by atoms with Gasteiger partial charge in [-0.1, -0.05) is 37.0 Å². The van der Waals surface area contributed by atoms with Crippen LogP contribution in [0.1, 0.15) is 46.0 Å². The Hall–Kier alpha value is -1.10. The molecule has 3 rings (SSSR count). The Morgan fingerprint density at radius 2 is 1.76 bits per heavy atom. The summed E-state index contributed by atoms with van der Waals surface area (Å²) in [7, 11) is -3.78. The van der Waals surface area contributed by atoms with E-state index in [1.165, 1.54) is 16.4 Å². The molecule has 1 aromatic rings. The third kappa shape index (κ3) is 6.96. The van der Waals surface area contributed by atoms with E-state index in [4.69, 9.17) is 33.7 Å². The molecule has 0 bridgehead atoms. The van der Waals surface area contributed by atoms with Crippen molar-refractivity contribution in [1.82, 2.24) is 14.9 Å². The van der Waals surface area contributed by atoms with E-state index in [0.717, 1.165) is 25.9 Å². The highest BCUT2D eigenvalue weighted by Gasteiger charge is 2.32. The van der Waals surface area contributed by atoms with Crippen molar-refractivity contribution in [2.45, 2.75) is 69.0 Å². The second kappa shape index (κ2) is 11.6. The van der Waals surface area contributed by atoms with Crippen LogP contribution in [0.5, 0.6) is 5.75 Å². The number of nitrogens with one attached hydrogen (secondary N) is 2. The molecule has 11 heteroatoms. The molecular weight excluding hydrogens is 487 g/mol. The van der Waals surface area contributed by atoms with Crippen molar-refractivity contribution in [3.63, 3.8) is 0 Å². The number of nitrogens with two attached hydrogens (primary N) is 1. The van der Waals surface area contributed by atoms with Crippen LogP contribution in [0.15, 0.2) is 17.0 Å². The Balaban J connectivity index is 1.62. The number of carbonyl (C=O) groups is 1. The van der Waals surface area contributed by atoms with Gasteiger partial charge in [0.15, 0.2) is 5.75 Å². The van der Waals surface area contributed by atoms with E-state index < -0.39 is 16.1 Å². The number of benzene rings is 1. The van der Waals surface area contributed by atoms with E-state index in [-0.39, 0.29) is 46.1 Å². The topological polar surface area (TPSA) is 114 Å². The molecule has 0 radical (unpaired) electrons. The van der Waals surface area contributed by atoms with E-state index in [0.29, 0.717) is 30.9 Å². The van der Waals surface area contributed by atoms with E-state index in [9.17, 15) is 13.2 Å². The first-order valence-corrected chi connectivity index (χ1v) is 13.7. The van der Waals surface area contributed by atoms with Gasteiger partial charge >= 0.3 is 0 Å². The lowest BCUT2D eigenvalue weighted by Gasteiger charge is -2.32. The zero-order chi connectivity index (χ0) is 24.2. The number of halogens is 2. The molecule has 186 valence electrons. The number of amides is 1. The van der Waals surface area contributed by atoms with Crippen molar-refractivity contribution in [2.75, 3.05) is 26.2 Å². The number of carbonyl (C=O) groups excluding carboxylic acids is 1. The Kier molecular flexibility index (Phi) is 9.28. The van der Waals surface area contributed by atoms with Gasteiger partial charge in [0.25, 0.3) is 0 Å². The minimum Gasteiger partial charge on any atom is -0.487 e. The first kappa shape index (κ1) is 26.5. The number of rotatable bonds is 8. The predicted octanol–water partition coefficient (Wildman–Crippen LogP) is 2.77. The lowest BCUT2D eigenvalue weighted by atomic mass is 10.0. The lowest BCUT2D eigenvalue weighted by Crippen LogP contribution is -2.50. The maximum atomic E-state index is 13.2. The molecule has 0 aromatic heterocycles. The molecule has 8 nitrogen and oxygen atoms in total. The minimum atomic E-state index is -3.78. The van der Waals surface area contributed by atoms with Gasteiger partial charge in [0.05, 0.1) is 21.0 Å². The molecule has 2 saturated heterocycles. The van der Waals surface area contributed by atoms with Gasteiger partial charge < -0.3 is 21.1 Å². The van der Waals surface area contributed by atoms with E-state index >= 15 is 0 Å². The largest absolute Gasteiger partial charge is 0.487 e. The summed E-state index contributed by atoms with van der Waals surface area (Å²) < 4.78 is 33.8. The van der Waals surface area contributed by atoms with Crippen LogP contribution in [0.25, 0.3) is 0 Å². The average molecular weight is 522 g/mol. The molecule has 4 N–H and O–H groups in total. The highest BCUT2D eigenvalue weighted by molar-refractivity contribution is 7.89. The fourth-order valence-electron chi connectivity index (χ4n) is 4.19. The summed E-state index contributed by atoms with van der Waals surface area (Å²) in [6, 6.07) is 2.15. The maximum Gasteiger partial charge on any atom is 0.243 e. The van der Waals surface area contributed by atoms with Crippen LogP contribution in [-0.2, 0) is 14.8 Å². The summed E-state index contributed by atoms with van der Waals surface area (Å²) in [6.07, 6.45) is 3.29. The van der Waals surface area contributed by atoms with Crippen LogP contribution >= 0.6 is 23.2 Å². The van der Waals surface area contributed by atoms with Crippen molar-refractivity contribution in [1.29, 1.82) is 0 Å². The van der Waals surface area contributed by atoms with Crippen molar-refractivity contribution >= 4 is 39.1 Å². The number of hydrogen-bond donors (Lipinski definition) is 3. The van der Waals surface area contributed by atoms with E-state index in [1.54, 1.807) is 0 Å². The first-order valence-electron chi connectivity index (χ1n) is 11.5. The standard InChI is InChI=1S/C22H34Cl2N4O4S/c1-14(2)11-20(25)22(29)27-15-5-9-28(10-6-15)33(30,31)17-12-18(23)21(19(24)13-17)32-16-3-7-26-8-4-16/h12-16,20,26H,3-11,25H2,1-2H3,(H,27,29)/t20-/m0/s1. The van der Waals surface area contributed by atoms with Crippen molar-refractivity contribution < 1.29 is 17.9 Å². The third-order valence-electron chi connectivity index (χ3n) is 6.04. The molecule has 0 aliphatic carbocycles. The Morgan fingerprint density at radius 1 is 1.18 bits per heavy atom. The van der Waals surface area contributed by atoms with Crippen LogP contribution in [0.2, 0.25) is 10.0 Å². The Bertz CT molecular complexity index is 907. The maximum absolute atomic E-state index is 13.2. The number of hydrogen-bond acceptors (Lipinski definition) is 6. The van der Waals surface area contributed by atoms with Gasteiger partial charge in [-0.3, -0.25) is 4.79 Å². The van der Waals surface area contributed by atoms with Crippen LogP contribution in [0.3, 0.4) is 0 Å². The molecule has 2 aliphatic heterocycles. The number of sulfonamides is 1. The van der Waals surface area contributed by atoms with Crippen LogP contribution in [-0.4, -0.2) is 63.0 Å². The normalized spacial score (nSPS) is 20.1. The molecule has 33 heavy (non-hydrogen) atoms. The smallest absolute Gasteiger partial charge is 0.243 e. The van der Waals surface area contributed by atoms with Crippen molar-refractivity contribution in [2.24, 2.45) is 11.7 Å². The quantitative estimate of drug-likeness (QED) is 0.485. The molecule has 2 aliphatic rings. The lowest BCUT2D eigenvalue weighted by molar-refractivity contribution is -0.123. The number of nitrogens with zero attached hydrogens (tertiary/aromatic N) is 1. The fourth-order valence-corrected chi connectivity index (χ4v) is 6.42. The molecule has 0 unspecified atom stereocenters. The SMILES string of the molecule is CC(C)C[C@H](N)C(=O)NC1CCN(S(=O)(=O)c2cc(Cl)c(OC3CCNCC3)c(Cl)c2)CC1. The highest BCUT2D eigenvalue weighted by atomic mass is 35.5. The molecule has 2 fully saturated rings. The van der Waals surface area contributed by atoms with Gasteiger partial charge in [-0.05, 0) is 63.2 Å². The van der Waals surface area contributed by atoms with Gasteiger partial charge in [0, 0.05) is 19.1 Å². The summed E-state index contributed by atoms with van der Waals surface area (Å²) in [5, 5.41) is 6.58. The molecule has 0 saturated carbocycles. The molecule has 0 spiro atoms. The monoisotopic (exact) mass is 520 g/mol. The van der Waals surface area contributed by atoms with E-state index in [2.05, 4.69) is 10.6 Å². The average Bonchev–Trinajstić information content (AvgIpc) is 2.76. The second-order valence-electron chi connectivity index (χ2n) is 9.21. The summed E-state index contributed by atoms with van der Waals surface area (Å²) in [5.41, 5.74) is 5.95. The van der Waals surface area contributed by atoms with E-state index in [1.807, 2.05) is 13.8 Å². The van der Waals surface area contributed by atoms with Crippen molar-refractivity contribution in [3.8, 4) is 5.75 Å². The van der Waals surface area contributed by atoms with Gasteiger partial charge in [-0.2, -0.15) is 4.31 Å². The molecular formula is C22H34Cl2N4O4S. The first-order chi connectivity index (χ1) is 15.6.